The first-order valence-corrected chi connectivity index (χ1v) is 10.4. The van der Waals surface area contributed by atoms with E-state index in [9.17, 15) is 4.79 Å². The molecule has 0 fully saturated rings. The summed E-state index contributed by atoms with van der Waals surface area (Å²) < 4.78 is 18.4. The van der Waals surface area contributed by atoms with Gasteiger partial charge >= 0.3 is 0 Å². The molecular weight excluding hydrogens is 438 g/mol. The summed E-state index contributed by atoms with van der Waals surface area (Å²) in [5.74, 6) is 1.89. The average molecular weight is 459 g/mol. The van der Waals surface area contributed by atoms with Crippen LogP contribution in [0.25, 0.3) is 11.6 Å². The lowest BCUT2D eigenvalue weighted by molar-refractivity contribution is 0.102. The number of hydrogen-bond acceptors (Lipinski definition) is 9. The largest absolute Gasteiger partial charge is 0.491 e. The Labute approximate surface area is 195 Å². The molecule has 1 N–H and O–H groups in total. The van der Waals surface area contributed by atoms with E-state index >= 15 is 0 Å². The van der Waals surface area contributed by atoms with Crippen molar-refractivity contribution in [1.82, 2.24) is 24.9 Å². The van der Waals surface area contributed by atoms with Crippen LogP contribution in [0, 0.1) is 11.3 Å². The second-order valence-corrected chi connectivity index (χ2v) is 7.52. The summed E-state index contributed by atoms with van der Waals surface area (Å²) >= 11 is 0. The third-order valence-electron chi connectivity index (χ3n) is 4.37. The minimum absolute atomic E-state index is 0.0513. The molecule has 34 heavy (non-hydrogen) atoms. The zero-order valence-electron chi connectivity index (χ0n) is 18.7. The summed E-state index contributed by atoms with van der Waals surface area (Å²) in [7, 11) is 1.77. The summed E-state index contributed by atoms with van der Waals surface area (Å²) in [5, 5.41) is 19.4. The molecule has 0 saturated carbocycles. The number of amides is 1. The summed E-state index contributed by atoms with van der Waals surface area (Å²) in [6.45, 7) is 3.78. The van der Waals surface area contributed by atoms with E-state index in [0.29, 0.717) is 34.3 Å². The van der Waals surface area contributed by atoms with Gasteiger partial charge in [-0.25, -0.2) is 4.98 Å². The summed E-state index contributed by atoms with van der Waals surface area (Å²) in [4.78, 5) is 21.2. The lowest BCUT2D eigenvalue weighted by Gasteiger charge is -2.14. The van der Waals surface area contributed by atoms with Crippen molar-refractivity contribution < 1.29 is 18.8 Å². The monoisotopic (exact) mass is 459 g/mol. The SMILES string of the molecule is CC(C)Oc1cc(Oc2ccc(-c3nc(CC#N)no3)nc2)cc(C(=O)Nc2ccn(C)n2)c1. The van der Waals surface area contributed by atoms with Crippen molar-refractivity contribution in [2.24, 2.45) is 7.05 Å². The summed E-state index contributed by atoms with van der Waals surface area (Å²) in [6.07, 6.45) is 3.18. The number of anilines is 1. The van der Waals surface area contributed by atoms with Gasteiger partial charge in [0.05, 0.1) is 24.8 Å². The maximum absolute atomic E-state index is 12.8. The molecule has 11 heteroatoms. The highest BCUT2D eigenvalue weighted by Gasteiger charge is 2.14. The molecule has 1 amide bonds. The minimum Gasteiger partial charge on any atom is -0.491 e. The Balaban J connectivity index is 1.54. The van der Waals surface area contributed by atoms with E-state index in [1.54, 1.807) is 54.3 Å². The van der Waals surface area contributed by atoms with Gasteiger partial charge in [-0.1, -0.05) is 5.16 Å². The van der Waals surface area contributed by atoms with Crippen molar-refractivity contribution in [3.8, 4) is 34.9 Å². The second kappa shape index (κ2) is 9.83. The number of aromatic nitrogens is 5. The highest BCUT2D eigenvalue weighted by Crippen LogP contribution is 2.29. The number of nitrogens with one attached hydrogen (secondary N) is 1. The molecule has 3 aromatic heterocycles. The number of carbonyl (C=O) groups is 1. The average Bonchev–Trinajstić information content (AvgIpc) is 3.43. The fraction of sp³-hybridized carbons (Fsp3) is 0.217. The normalized spacial score (nSPS) is 10.7. The van der Waals surface area contributed by atoms with E-state index in [1.165, 1.54) is 6.20 Å². The molecule has 0 radical (unpaired) electrons. The van der Waals surface area contributed by atoms with Crippen LogP contribution in [0.15, 0.2) is 53.3 Å². The maximum Gasteiger partial charge on any atom is 0.276 e. The van der Waals surface area contributed by atoms with Gasteiger partial charge in [0.15, 0.2) is 11.6 Å². The van der Waals surface area contributed by atoms with Gasteiger partial charge in [0.25, 0.3) is 11.8 Å². The molecule has 0 saturated heterocycles. The molecule has 0 aliphatic heterocycles. The van der Waals surface area contributed by atoms with Crippen LogP contribution < -0.4 is 14.8 Å². The highest BCUT2D eigenvalue weighted by atomic mass is 16.5. The molecule has 0 aliphatic rings. The molecule has 0 bridgehead atoms. The molecule has 0 spiro atoms. The standard InChI is InChI=1S/C23H21N7O4/c1-14(2)32-17-10-15(22(31)26-20-7-9-30(3)28-20)11-18(12-17)33-16-4-5-19(25-13-16)23-27-21(6-8-24)29-34-23/h4-5,7,9-14H,6H2,1-3H3,(H,26,28,31). The number of benzene rings is 1. The topological polar surface area (TPSA) is 141 Å². The van der Waals surface area contributed by atoms with E-state index in [4.69, 9.17) is 19.3 Å². The molecule has 11 nitrogen and oxygen atoms in total. The van der Waals surface area contributed by atoms with Gasteiger partial charge in [0.1, 0.15) is 22.9 Å². The third-order valence-corrected chi connectivity index (χ3v) is 4.37. The first-order valence-electron chi connectivity index (χ1n) is 10.4. The molecular formula is C23H21N7O4. The van der Waals surface area contributed by atoms with Crippen LogP contribution >= 0.6 is 0 Å². The lowest BCUT2D eigenvalue weighted by Crippen LogP contribution is -2.13. The zero-order valence-corrected chi connectivity index (χ0v) is 18.7. The highest BCUT2D eigenvalue weighted by molar-refractivity contribution is 6.04. The number of hydrogen-bond donors (Lipinski definition) is 1. The Morgan fingerprint density at radius 2 is 2.03 bits per heavy atom. The summed E-state index contributed by atoms with van der Waals surface area (Å²) in [6, 6.07) is 11.9. The van der Waals surface area contributed by atoms with Crippen LogP contribution in [-0.4, -0.2) is 36.9 Å². The van der Waals surface area contributed by atoms with Gasteiger partial charge in [-0.2, -0.15) is 15.3 Å². The first-order chi connectivity index (χ1) is 16.4. The quantitative estimate of drug-likeness (QED) is 0.417. The molecule has 1 aromatic carbocycles. The van der Waals surface area contributed by atoms with E-state index in [1.807, 2.05) is 19.9 Å². The third kappa shape index (κ3) is 5.55. The van der Waals surface area contributed by atoms with Crippen molar-refractivity contribution in [3.05, 3.63) is 60.2 Å². The predicted molar refractivity (Wildman–Crippen MR) is 120 cm³/mol. The van der Waals surface area contributed by atoms with Crippen LogP contribution in [0.5, 0.6) is 17.2 Å². The second-order valence-electron chi connectivity index (χ2n) is 7.52. The van der Waals surface area contributed by atoms with Crippen LogP contribution in [0.4, 0.5) is 5.82 Å². The number of carbonyl (C=O) groups excluding carboxylic acids is 1. The fourth-order valence-electron chi connectivity index (χ4n) is 2.98. The smallest absolute Gasteiger partial charge is 0.276 e. The van der Waals surface area contributed by atoms with Crippen molar-refractivity contribution in [3.63, 3.8) is 0 Å². The van der Waals surface area contributed by atoms with Crippen LogP contribution in [0.1, 0.15) is 30.0 Å². The number of nitriles is 1. The van der Waals surface area contributed by atoms with Crippen molar-refractivity contribution in [2.45, 2.75) is 26.4 Å². The molecule has 0 atom stereocenters. The lowest BCUT2D eigenvalue weighted by atomic mass is 10.2. The minimum atomic E-state index is -0.351. The van der Waals surface area contributed by atoms with Crippen molar-refractivity contribution in [1.29, 1.82) is 5.26 Å². The number of rotatable bonds is 8. The molecule has 4 aromatic rings. The van der Waals surface area contributed by atoms with Crippen LogP contribution in [0.2, 0.25) is 0 Å². The van der Waals surface area contributed by atoms with Crippen LogP contribution in [0.3, 0.4) is 0 Å². The van der Waals surface area contributed by atoms with Crippen molar-refractivity contribution in [2.75, 3.05) is 5.32 Å². The Morgan fingerprint density at radius 3 is 2.71 bits per heavy atom. The van der Waals surface area contributed by atoms with Gasteiger partial charge in [0, 0.05) is 30.9 Å². The van der Waals surface area contributed by atoms with Crippen molar-refractivity contribution >= 4 is 11.7 Å². The number of ether oxygens (including phenoxy) is 2. The fourth-order valence-corrected chi connectivity index (χ4v) is 2.98. The molecule has 0 aliphatic carbocycles. The first kappa shape index (κ1) is 22.5. The zero-order chi connectivity index (χ0) is 24.1. The van der Waals surface area contributed by atoms with Gasteiger partial charge < -0.3 is 19.3 Å². The molecule has 0 unspecified atom stereocenters. The van der Waals surface area contributed by atoms with E-state index in [-0.39, 0.29) is 30.1 Å². The molecule has 3 heterocycles. The Hall–Kier alpha value is -4.72. The van der Waals surface area contributed by atoms with Gasteiger partial charge in [-0.15, -0.1) is 0 Å². The maximum atomic E-state index is 12.8. The van der Waals surface area contributed by atoms with Gasteiger partial charge in [-0.05, 0) is 38.1 Å². The molecule has 172 valence electrons. The molecule has 4 rings (SSSR count). The van der Waals surface area contributed by atoms with Gasteiger partial charge in [-0.3, -0.25) is 9.48 Å². The van der Waals surface area contributed by atoms with E-state index in [0.717, 1.165) is 0 Å². The Kier molecular flexibility index (Phi) is 6.49. The summed E-state index contributed by atoms with van der Waals surface area (Å²) in [5.41, 5.74) is 0.788. The Bertz CT molecular complexity index is 1340. The number of nitrogens with zero attached hydrogens (tertiary/aromatic N) is 6. The van der Waals surface area contributed by atoms with E-state index < -0.39 is 0 Å². The van der Waals surface area contributed by atoms with E-state index in [2.05, 4.69) is 25.5 Å². The number of pyridine rings is 1. The van der Waals surface area contributed by atoms with Crippen LogP contribution in [-0.2, 0) is 13.5 Å². The Morgan fingerprint density at radius 1 is 1.21 bits per heavy atom. The number of aryl methyl sites for hydroxylation is 1. The predicted octanol–water partition coefficient (Wildman–Crippen LogP) is 3.76. The van der Waals surface area contributed by atoms with Gasteiger partial charge in [0.2, 0.25) is 0 Å².